The average Bonchev–Trinajstić information content (AvgIpc) is 2.95. The lowest BCUT2D eigenvalue weighted by Crippen LogP contribution is -2.49. The highest BCUT2D eigenvalue weighted by Gasteiger charge is 2.29. The molecule has 0 spiro atoms. The molecule has 3 aromatic rings. The number of anilines is 3. The van der Waals surface area contributed by atoms with Gasteiger partial charge in [0.25, 0.3) is 17.9 Å². The number of ether oxygens (including phenoxy) is 1. The molecule has 0 unspecified atom stereocenters. The number of carbonyl (C=O) groups excluding carboxylic acids is 1. The molecule has 10 nitrogen and oxygen atoms in total. The first-order valence-electron chi connectivity index (χ1n) is 14.0. The number of benzene rings is 1. The number of aromatic nitrogens is 3. The number of carbonyl (C=O) groups is 1. The standard InChI is InChI=1S/C29H33F4N7O3/c1-15-11-39(6-5-34-15)22-8-21(30)24(18-9-35-29(36-10-18)40-12-16(2)43-17(3)13-40)25(31)26(22)37-28(42)20-14-38(4)23(41)7-19(20)27(32)33/h7-10,14-17,27,34H,5-6,11-13H2,1-4H3,(H,37,42)/t15-,16-,17+/m0/s1. The highest BCUT2D eigenvalue weighted by Crippen LogP contribution is 2.39. The van der Waals surface area contributed by atoms with Gasteiger partial charge >= 0.3 is 0 Å². The fourth-order valence-electron chi connectivity index (χ4n) is 5.54. The van der Waals surface area contributed by atoms with E-state index in [2.05, 4.69) is 20.6 Å². The Morgan fingerprint density at radius 1 is 1.07 bits per heavy atom. The summed E-state index contributed by atoms with van der Waals surface area (Å²) < 4.78 is 66.4. The Morgan fingerprint density at radius 3 is 2.37 bits per heavy atom. The minimum atomic E-state index is -3.13. The van der Waals surface area contributed by atoms with Crippen LogP contribution in [0.1, 0.15) is 43.1 Å². The monoisotopic (exact) mass is 603 g/mol. The molecule has 4 heterocycles. The molecule has 2 saturated heterocycles. The summed E-state index contributed by atoms with van der Waals surface area (Å²) in [4.78, 5) is 37.7. The summed E-state index contributed by atoms with van der Waals surface area (Å²) in [5.41, 5.74) is -2.82. The second-order valence-electron chi connectivity index (χ2n) is 11.0. The maximum Gasteiger partial charge on any atom is 0.264 e. The molecule has 1 aromatic carbocycles. The van der Waals surface area contributed by atoms with E-state index in [1.165, 1.54) is 19.4 Å². The van der Waals surface area contributed by atoms with Gasteiger partial charge in [-0.15, -0.1) is 0 Å². The van der Waals surface area contributed by atoms with E-state index < -0.39 is 46.2 Å². The van der Waals surface area contributed by atoms with E-state index in [-0.39, 0.29) is 35.2 Å². The summed E-state index contributed by atoms with van der Waals surface area (Å²) in [6.07, 6.45) is 0.332. The smallest absolute Gasteiger partial charge is 0.264 e. The molecule has 2 aromatic heterocycles. The van der Waals surface area contributed by atoms with Crippen molar-refractivity contribution in [3.05, 3.63) is 63.8 Å². The highest BCUT2D eigenvalue weighted by molar-refractivity contribution is 6.07. The Kier molecular flexibility index (Phi) is 8.69. The number of aryl methyl sites for hydroxylation is 1. The Morgan fingerprint density at radius 2 is 1.74 bits per heavy atom. The van der Waals surface area contributed by atoms with Crippen LogP contribution in [-0.4, -0.2) is 71.4 Å². The van der Waals surface area contributed by atoms with Gasteiger partial charge in [-0.2, -0.15) is 0 Å². The van der Waals surface area contributed by atoms with Crippen molar-refractivity contribution in [2.24, 2.45) is 7.05 Å². The summed E-state index contributed by atoms with van der Waals surface area (Å²) in [7, 11) is 1.31. The van der Waals surface area contributed by atoms with Crippen molar-refractivity contribution in [1.29, 1.82) is 0 Å². The van der Waals surface area contributed by atoms with E-state index in [9.17, 15) is 18.4 Å². The van der Waals surface area contributed by atoms with E-state index in [0.717, 1.165) is 16.8 Å². The maximum absolute atomic E-state index is 16.4. The molecule has 0 saturated carbocycles. The van der Waals surface area contributed by atoms with E-state index in [4.69, 9.17) is 4.74 Å². The van der Waals surface area contributed by atoms with Crippen molar-refractivity contribution in [1.82, 2.24) is 19.9 Å². The third-order valence-corrected chi connectivity index (χ3v) is 7.51. The molecule has 5 rings (SSSR count). The van der Waals surface area contributed by atoms with Crippen LogP contribution in [0, 0.1) is 11.6 Å². The number of pyridine rings is 1. The first-order chi connectivity index (χ1) is 20.4. The molecule has 2 fully saturated rings. The lowest BCUT2D eigenvalue weighted by Gasteiger charge is -2.35. The van der Waals surface area contributed by atoms with Crippen LogP contribution in [0.5, 0.6) is 0 Å². The first-order valence-corrected chi connectivity index (χ1v) is 14.0. The number of morpholine rings is 1. The number of halogens is 4. The lowest BCUT2D eigenvalue weighted by molar-refractivity contribution is -0.00572. The van der Waals surface area contributed by atoms with Gasteiger partial charge in [0.1, 0.15) is 11.5 Å². The van der Waals surface area contributed by atoms with Crippen LogP contribution < -0.4 is 26.0 Å². The zero-order valence-corrected chi connectivity index (χ0v) is 24.2. The van der Waals surface area contributed by atoms with Gasteiger partial charge in [0.15, 0.2) is 5.82 Å². The number of hydrogen-bond donors (Lipinski definition) is 2. The summed E-state index contributed by atoms with van der Waals surface area (Å²) in [5, 5.41) is 5.65. The number of nitrogens with one attached hydrogen (secondary N) is 2. The molecule has 3 atom stereocenters. The van der Waals surface area contributed by atoms with Gasteiger partial charge in [0.2, 0.25) is 5.95 Å². The van der Waals surface area contributed by atoms with E-state index in [1.54, 1.807) is 4.90 Å². The molecule has 230 valence electrons. The van der Waals surface area contributed by atoms with Crippen molar-refractivity contribution in [3.63, 3.8) is 0 Å². The van der Waals surface area contributed by atoms with Gasteiger partial charge in [-0.3, -0.25) is 9.59 Å². The average molecular weight is 604 g/mol. The van der Waals surface area contributed by atoms with Gasteiger partial charge in [-0.1, -0.05) is 0 Å². The number of piperazine rings is 1. The zero-order chi connectivity index (χ0) is 31.0. The van der Waals surface area contributed by atoms with Gasteiger partial charge in [0, 0.05) is 87.7 Å². The van der Waals surface area contributed by atoms with Crippen molar-refractivity contribution in [2.45, 2.75) is 45.4 Å². The van der Waals surface area contributed by atoms with Gasteiger partial charge in [-0.05, 0) is 20.8 Å². The van der Waals surface area contributed by atoms with Crippen molar-refractivity contribution >= 4 is 23.2 Å². The molecule has 0 bridgehead atoms. The molecule has 43 heavy (non-hydrogen) atoms. The molecule has 0 aliphatic carbocycles. The minimum Gasteiger partial charge on any atom is -0.372 e. The Balaban J connectivity index is 1.56. The number of hydrogen-bond acceptors (Lipinski definition) is 8. The first kappa shape index (κ1) is 30.4. The van der Waals surface area contributed by atoms with Gasteiger partial charge in [-0.25, -0.2) is 27.5 Å². The van der Waals surface area contributed by atoms with Crippen LogP contribution in [0.15, 0.2) is 35.5 Å². The third kappa shape index (κ3) is 6.34. The topological polar surface area (TPSA) is 105 Å². The fraction of sp³-hybridized carbons (Fsp3) is 0.448. The summed E-state index contributed by atoms with van der Waals surface area (Å²) in [6, 6.07) is 1.75. The summed E-state index contributed by atoms with van der Waals surface area (Å²) in [5.74, 6) is -2.71. The SMILES string of the molecule is C[C@@H]1CN(c2ncc(-c3c(F)cc(N4CCN[C@@H](C)C4)c(NC(=O)c4cn(C)c(=O)cc4C(F)F)c3F)cn2)C[C@H](C)O1. The van der Waals surface area contributed by atoms with Crippen LogP contribution in [-0.2, 0) is 11.8 Å². The number of rotatable bonds is 6. The summed E-state index contributed by atoms with van der Waals surface area (Å²) in [6.45, 7) is 8.12. The predicted molar refractivity (Wildman–Crippen MR) is 154 cm³/mol. The summed E-state index contributed by atoms with van der Waals surface area (Å²) >= 11 is 0. The molecule has 2 aliphatic rings. The Labute approximate surface area is 245 Å². The van der Waals surface area contributed by atoms with E-state index in [0.29, 0.717) is 44.7 Å². The maximum atomic E-state index is 16.4. The number of nitrogens with zero attached hydrogens (tertiary/aromatic N) is 5. The van der Waals surface area contributed by atoms with Gasteiger partial charge < -0.3 is 29.7 Å². The molecular formula is C29H33F4N7O3. The van der Waals surface area contributed by atoms with Crippen LogP contribution >= 0.6 is 0 Å². The molecule has 1 amide bonds. The van der Waals surface area contributed by atoms with Crippen LogP contribution in [0.4, 0.5) is 34.9 Å². The third-order valence-electron chi connectivity index (χ3n) is 7.51. The molecule has 14 heteroatoms. The molecule has 2 aliphatic heterocycles. The lowest BCUT2D eigenvalue weighted by atomic mass is 10.0. The van der Waals surface area contributed by atoms with E-state index in [1.807, 2.05) is 25.7 Å². The zero-order valence-electron chi connectivity index (χ0n) is 24.2. The van der Waals surface area contributed by atoms with Crippen molar-refractivity contribution < 1.29 is 27.1 Å². The van der Waals surface area contributed by atoms with Crippen LogP contribution in [0.3, 0.4) is 0 Å². The van der Waals surface area contributed by atoms with Crippen molar-refractivity contribution in [3.8, 4) is 11.1 Å². The molecular weight excluding hydrogens is 570 g/mol. The number of amides is 1. The molecule has 2 N–H and O–H groups in total. The van der Waals surface area contributed by atoms with Crippen LogP contribution in [0.2, 0.25) is 0 Å². The Bertz CT molecular complexity index is 1560. The predicted octanol–water partition coefficient (Wildman–Crippen LogP) is 3.72. The largest absolute Gasteiger partial charge is 0.372 e. The molecule has 0 radical (unpaired) electrons. The van der Waals surface area contributed by atoms with E-state index >= 15 is 8.78 Å². The highest BCUT2D eigenvalue weighted by atomic mass is 19.3. The van der Waals surface area contributed by atoms with Crippen LogP contribution in [0.25, 0.3) is 11.1 Å². The quantitative estimate of drug-likeness (QED) is 0.411. The van der Waals surface area contributed by atoms with Gasteiger partial charge in [0.05, 0.1) is 29.0 Å². The normalized spacial score (nSPS) is 20.9. The number of alkyl halides is 2. The fourth-order valence-corrected chi connectivity index (χ4v) is 5.54. The second kappa shape index (κ2) is 12.3. The van der Waals surface area contributed by atoms with Crippen molar-refractivity contribution in [2.75, 3.05) is 47.8 Å². The minimum absolute atomic E-state index is 0.0243. The Hall–Kier alpha value is -4.04. The second-order valence-corrected chi connectivity index (χ2v) is 11.0.